The molecule has 3 rings (SSSR count). The summed E-state index contributed by atoms with van der Waals surface area (Å²) in [6.45, 7) is 2.93. The van der Waals surface area contributed by atoms with E-state index in [4.69, 9.17) is 9.47 Å². The fraction of sp³-hybridized carbons (Fsp3) is 0.227. The fourth-order valence-electron chi connectivity index (χ4n) is 3.01. The standard InChI is InChI=1S/C22H23N3O4/c1-5-24(2)16-13-11-15(12-14-16)19-18(21(26)28-3)20(22(27)29-4)25(23-19)17-9-7-6-8-10-17/h6-14H,5H2,1-4H3. The second-order valence-electron chi connectivity index (χ2n) is 6.36. The molecule has 1 heterocycles. The molecule has 0 amide bonds. The summed E-state index contributed by atoms with van der Waals surface area (Å²) in [6, 6.07) is 16.7. The number of carbonyl (C=O) groups is 2. The van der Waals surface area contributed by atoms with E-state index in [-0.39, 0.29) is 11.3 Å². The lowest BCUT2D eigenvalue weighted by atomic mass is 10.0. The Bertz CT molecular complexity index is 1010. The molecule has 7 heteroatoms. The lowest BCUT2D eigenvalue weighted by Gasteiger charge is -2.16. The van der Waals surface area contributed by atoms with Crippen molar-refractivity contribution in [3.05, 3.63) is 65.9 Å². The zero-order valence-electron chi connectivity index (χ0n) is 16.9. The smallest absolute Gasteiger partial charge is 0.357 e. The van der Waals surface area contributed by atoms with E-state index in [2.05, 4.69) is 16.9 Å². The average molecular weight is 393 g/mol. The molecule has 3 aromatic rings. The zero-order chi connectivity index (χ0) is 21.0. The molecule has 0 radical (unpaired) electrons. The lowest BCUT2D eigenvalue weighted by Crippen LogP contribution is -2.15. The Morgan fingerprint density at radius 2 is 1.59 bits per heavy atom. The van der Waals surface area contributed by atoms with Crippen LogP contribution in [0.5, 0.6) is 0 Å². The van der Waals surface area contributed by atoms with Crippen molar-refractivity contribution in [3.8, 4) is 16.9 Å². The molecule has 1 aromatic heterocycles. The van der Waals surface area contributed by atoms with E-state index in [0.29, 0.717) is 16.9 Å². The number of para-hydroxylation sites is 1. The van der Waals surface area contributed by atoms with Gasteiger partial charge in [0, 0.05) is 24.8 Å². The van der Waals surface area contributed by atoms with E-state index in [0.717, 1.165) is 12.2 Å². The van der Waals surface area contributed by atoms with Crippen LogP contribution < -0.4 is 4.90 Å². The Hall–Kier alpha value is -3.61. The summed E-state index contributed by atoms with van der Waals surface area (Å²) < 4.78 is 11.3. The molecule has 0 atom stereocenters. The molecule has 0 aliphatic carbocycles. The molecule has 29 heavy (non-hydrogen) atoms. The summed E-state index contributed by atoms with van der Waals surface area (Å²) in [7, 11) is 4.53. The van der Waals surface area contributed by atoms with Crippen molar-refractivity contribution in [3.63, 3.8) is 0 Å². The van der Waals surface area contributed by atoms with Crippen molar-refractivity contribution in [2.75, 3.05) is 32.7 Å². The van der Waals surface area contributed by atoms with Crippen molar-refractivity contribution in [2.45, 2.75) is 6.92 Å². The monoisotopic (exact) mass is 393 g/mol. The molecule has 7 nitrogen and oxygen atoms in total. The first-order valence-corrected chi connectivity index (χ1v) is 9.18. The first-order valence-electron chi connectivity index (χ1n) is 9.18. The van der Waals surface area contributed by atoms with Crippen molar-refractivity contribution >= 4 is 17.6 Å². The van der Waals surface area contributed by atoms with Gasteiger partial charge in [-0.1, -0.05) is 30.3 Å². The molecule has 0 spiro atoms. The van der Waals surface area contributed by atoms with Crippen LogP contribution >= 0.6 is 0 Å². The Morgan fingerprint density at radius 1 is 0.966 bits per heavy atom. The van der Waals surface area contributed by atoms with Crippen LogP contribution in [0.3, 0.4) is 0 Å². The second kappa shape index (κ2) is 8.60. The van der Waals surface area contributed by atoms with Crippen LogP contribution in [0.15, 0.2) is 54.6 Å². The Labute approximate surface area is 169 Å². The summed E-state index contributed by atoms with van der Waals surface area (Å²) in [5.41, 5.74) is 2.80. The fourth-order valence-corrected chi connectivity index (χ4v) is 3.01. The number of hydrogen-bond donors (Lipinski definition) is 0. The number of methoxy groups -OCH3 is 2. The van der Waals surface area contributed by atoms with Crippen LogP contribution in [0.25, 0.3) is 16.9 Å². The van der Waals surface area contributed by atoms with Gasteiger partial charge in [0.25, 0.3) is 0 Å². The van der Waals surface area contributed by atoms with Gasteiger partial charge in [0.1, 0.15) is 11.3 Å². The van der Waals surface area contributed by atoms with Crippen LogP contribution in [0, 0.1) is 0 Å². The summed E-state index contributed by atoms with van der Waals surface area (Å²) in [5, 5.41) is 4.58. The molecule has 0 saturated heterocycles. The van der Waals surface area contributed by atoms with E-state index in [1.807, 2.05) is 49.5 Å². The SMILES string of the molecule is CCN(C)c1ccc(-c2nn(-c3ccccc3)c(C(=O)OC)c2C(=O)OC)cc1. The highest BCUT2D eigenvalue weighted by molar-refractivity contribution is 6.06. The maximum atomic E-state index is 12.6. The molecular weight excluding hydrogens is 370 g/mol. The zero-order valence-corrected chi connectivity index (χ0v) is 16.9. The van der Waals surface area contributed by atoms with Crippen molar-refractivity contribution in [1.82, 2.24) is 9.78 Å². The number of aromatic nitrogens is 2. The minimum atomic E-state index is -0.671. The van der Waals surface area contributed by atoms with E-state index in [1.54, 1.807) is 12.1 Å². The van der Waals surface area contributed by atoms with Crippen molar-refractivity contribution in [2.24, 2.45) is 0 Å². The predicted octanol–water partition coefficient (Wildman–Crippen LogP) is 3.57. The minimum Gasteiger partial charge on any atom is -0.465 e. The summed E-state index contributed by atoms with van der Waals surface area (Å²) in [4.78, 5) is 27.3. The summed E-state index contributed by atoms with van der Waals surface area (Å²) in [5.74, 6) is -1.33. The van der Waals surface area contributed by atoms with Gasteiger partial charge in [-0.25, -0.2) is 14.3 Å². The molecular formula is C22H23N3O4. The van der Waals surface area contributed by atoms with Gasteiger partial charge in [-0.15, -0.1) is 0 Å². The number of carbonyl (C=O) groups excluding carboxylic acids is 2. The Balaban J connectivity index is 2.25. The highest BCUT2D eigenvalue weighted by Gasteiger charge is 2.31. The number of benzene rings is 2. The number of hydrogen-bond acceptors (Lipinski definition) is 6. The van der Waals surface area contributed by atoms with Crippen LogP contribution in [0.1, 0.15) is 27.8 Å². The number of nitrogens with zero attached hydrogens (tertiary/aromatic N) is 3. The predicted molar refractivity (Wildman–Crippen MR) is 111 cm³/mol. The Morgan fingerprint density at radius 3 is 2.14 bits per heavy atom. The molecule has 0 aliphatic rings. The minimum absolute atomic E-state index is 0.0234. The van der Waals surface area contributed by atoms with Gasteiger partial charge < -0.3 is 14.4 Å². The van der Waals surface area contributed by atoms with Gasteiger partial charge in [0.2, 0.25) is 0 Å². The third-order valence-electron chi connectivity index (χ3n) is 4.71. The molecule has 0 unspecified atom stereocenters. The van der Waals surface area contributed by atoms with Crippen molar-refractivity contribution < 1.29 is 19.1 Å². The number of ether oxygens (including phenoxy) is 2. The van der Waals surface area contributed by atoms with Crippen molar-refractivity contribution in [1.29, 1.82) is 0 Å². The number of rotatable bonds is 6. The van der Waals surface area contributed by atoms with E-state index in [9.17, 15) is 9.59 Å². The molecule has 2 aromatic carbocycles. The Kier molecular flexibility index (Phi) is 5.97. The van der Waals surface area contributed by atoms with Crippen LogP contribution in [-0.4, -0.2) is 49.5 Å². The van der Waals surface area contributed by atoms with Crippen LogP contribution in [-0.2, 0) is 9.47 Å². The van der Waals surface area contributed by atoms with Gasteiger partial charge in [-0.2, -0.15) is 5.10 Å². The number of esters is 2. The molecule has 150 valence electrons. The quantitative estimate of drug-likeness (QED) is 0.596. The molecule has 0 fully saturated rings. The first kappa shape index (κ1) is 20.1. The maximum absolute atomic E-state index is 12.6. The van der Waals surface area contributed by atoms with Gasteiger partial charge in [-0.3, -0.25) is 0 Å². The average Bonchev–Trinajstić information content (AvgIpc) is 3.18. The number of anilines is 1. The first-order chi connectivity index (χ1) is 14.0. The normalized spacial score (nSPS) is 10.5. The maximum Gasteiger partial charge on any atom is 0.357 e. The third-order valence-corrected chi connectivity index (χ3v) is 4.71. The van der Waals surface area contributed by atoms with Crippen LogP contribution in [0.4, 0.5) is 5.69 Å². The second-order valence-corrected chi connectivity index (χ2v) is 6.36. The van der Waals surface area contributed by atoms with Gasteiger partial charge in [0.15, 0.2) is 5.69 Å². The summed E-state index contributed by atoms with van der Waals surface area (Å²) >= 11 is 0. The topological polar surface area (TPSA) is 73.7 Å². The third kappa shape index (κ3) is 3.85. The van der Waals surface area contributed by atoms with Gasteiger partial charge >= 0.3 is 11.9 Å². The highest BCUT2D eigenvalue weighted by Crippen LogP contribution is 2.30. The lowest BCUT2D eigenvalue weighted by molar-refractivity contribution is 0.0549. The van der Waals surface area contributed by atoms with Crippen LogP contribution in [0.2, 0.25) is 0 Å². The largest absolute Gasteiger partial charge is 0.465 e. The van der Waals surface area contributed by atoms with Gasteiger partial charge in [0.05, 0.1) is 19.9 Å². The molecule has 0 N–H and O–H groups in total. The summed E-state index contributed by atoms with van der Waals surface area (Å²) in [6.07, 6.45) is 0. The molecule has 0 aliphatic heterocycles. The van der Waals surface area contributed by atoms with E-state index in [1.165, 1.54) is 18.9 Å². The van der Waals surface area contributed by atoms with E-state index >= 15 is 0 Å². The van der Waals surface area contributed by atoms with E-state index < -0.39 is 11.9 Å². The highest BCUT2D eigenvalue weighted by atomic mass is 16.5. The van der Waals surface area contributed by atoms with Gasteiger partial charge in [-0.05, 0) is 31.2 Å². The molecule has 0 bridgehead atoms. The molecule has 0 saturated carbocycles.